The number of hydrogen-bond donors (Lipinski definition) is 2. The molecule has 5 rings (SSSR count). The van der Waals surface area contributed by atoms with E-state index in [4.69, 9.17) is 0 Å². The van der Waals surface area contributed by atoms with E-state index >= 15 is 0 Å². The third-order valence-corrected chi connectivity index (χ3v) is 7.10. The molecule has 5 nitrogen and oxygen atoms in total. The molecule has 1 aliphatic heterocycles. The number of hydrogen-bond acceptors (Lipinski definition) is 3. The maximum atomic E-state index is 13.9. The van der Waals surface area contributed by atoms with Gasteiger partial charge in [0.2, 0.25) is 11.8 Å². The summed E-state index contributed by atoms with van der Waals surface area (Å²) in [6.07, 6.45) is 3.76. The lowest BCUT2D eigenvalue weighted by Crippen LogP contribution is -2.52. The van der Waals surface area contributed by atoms with Gasteiger partial charge in [0.15, 0.2) is 0 Å². The largest absolute Gasteiger partial charge is 0.343 e. The summed E-state index contributed by atoms with van der Waals surface area (Å²) in [7, 11) is 1.75. The Hall–Kier alpha value is -2.89. The van der Waals surface area contributed by atoms with Crippen LogP contribution in [-0.2, 0) is 22.6 Å². The molecule has 0 saturated heterocycles. The second-order valence-electron chi connectivity index (χ2n) is 9.29. The van der Waals surface area contributed by atoms with Gasteiger partial charge in [-0.3, -0.25) is 9.59 Å². The predicted octanol–water partition coefficient (Wildman–Crippen LogP) is 4.71. The predicted molar refractivity (Wildman–Crippen MR) is 140 cm³/mol. The third-order valence-electron chi connectivity index (χ3n) is 7.10. The molecule has 2 N–H and O–H groups in total. The van der Waals surface area contributed by atoms with Crippen molar-refractivity contribution in [2.45, 2.75) is 57.2 Å². The topological polar surface area (TPSA) is 61.4 Å². The number of nitrogens with one attached hydrogen (secondary N) is 2. The Bertz CT molecular complexity index is 1210. The van der Waals surface area contributed by atoms with Crippen LogP contribution in [0.15, 0.2) is 60.7 Å². The summed E-state index contributed by atoms with van der Waals surface area (Å²) >= 11 is 0. The molecule has 3 aromatic rings. The van der Waals surface area contributed by atoms with Gasteiger partial charge in [0.1, 0.15) is 6.04 Å². The van der Waals surface area contributed by atoms with Crippen LogP contribution >= 0.6 is 12.4 Å². The maximum absolute atomic E-state index is 13.9. The van der Waals surface area contributed by atoms with E-state index in [2.05, 4.69) is 53.1 Å². The number of benzene rings is 3. The zero-order chi connectivity index (χ0) is 22.9. The van der Waals surface area contributed by atoms with Gasteiger partial charge in [-0.1, -0.05) is 54.6 Å². The zero-order valence-electron chi connectivity index (χ0n) is 19.7. The Morgan fingerprint density at radius 3 is 2.53 bits per heavy atom. The van der Waals surface area contributed by atoms with Gasteiger partial charge in [0, 0.05) is 5.69 Å². The second-order valence-corrected chi connectivity index (χ2v) is 9.29. The van der Waals surface area contributed by atoms with Crippen LogP contribution in [0.2, 0.25) is 0 Å². The van der Waals surface area contributed by atoms with Crippen LogP contribution in [-0.4, -0.2) is 30.9 Å². The van der Waals surface area contributed by atoms with Crippen molar-refractivity contribution in [3.05, 3.63) is 77.4 Å². The Labute approximate surface area is 207 Å². The van der Waals surface area contributed by atoms with Gasteiger partial charge in [-0.25, -0.2) is 0 Å². The summed E-state index contributed by atoms with van der Waals surface area (Å²) in [6, 6.07) is 20.1. The van der Waals surface area contributed by atoms with Crippen molar-refractivity contribution in [2.75, 3.05) is 11.9 Å². The van der Waals surface area contributed by atoms with Crippen molar-refractivity contribution in [3.8, 4) is 0 Å². The van der Waals surface area contributed by atoms with Crippen LogP contribution in [0.1, 0.15) is 48.8 Å². The number of amides is 2. The molecule has 2 atom stereocenters. The molecule has 0 aromatic heterocycles. The number of para-hydroxylation sites is 1. The number of rotatable bonds is 6. The van der Waals surface area contributed by atoms with Crippen LogP contribution in [0.25, 0.3) is 10.8 Å². The summed E-state index contributed by atoms with van der Waals surface area (Å²) in [5.74, 6) is 0.394. The average Bonchev–Trinajstić information content (AvgIpc) is 3.70. The van der Waals surface area contributed by atoms with Crippen molar-refractivity contribution < 1.29 is 9.59 Å². The van der Waals surface area contributed by atoms with Crippen molar-refractivity contribution in [3.63, 3.8) is 0 Å². The lowest BCUT2D eigenvalue weighted by molar-refractivity contribution is -0.128. The van der Waals surface area contributed by atoms with E-state index in [1.54, 1.807) is 14.0 Å². The van der Waals surface area contributed by atoms with E-state index in [9.17, 15) is 9.59 Å². The Morgan fingerprint density at radius 2 is 1.76 bits per heavy atom. The van der Waals surface area contributed by atoms with Crippen molar-refractivity contribution in [1.29, 1.82) is 0 Å². The molecule has 1 saturated carbocycles. The Balaban J connectivity index is 0.00000274. The normalized spacial score (nSPS) is 18.6. The summed E-state index contributed by atoms with van der Waals surface area (Å²) in [5.41, 5.74) is 4.69. The van der Waals surface area contributed by atoms with Gasteiger partial charge in [-0.05, 0) is 79.1 Å². The van der Waals surface area contributed by atoms with Crippen molar-refractivity contribution in [1.82, 2.24) is 10.6 Å². The van der Waals surface area contributed by atoms with Crippen LogP contribution in [0.3, 0.4) is 0 Å². The first-order valence-electron chi connectivity index (χ1n) is 11.9. The molecule has 0 bridgehead atoms. The highest BCUT2D eigenvalue weighted by molar-refractivity contribution is 6.01. The van der Waals surface area contributed by atoms with E-state index in [-0.39, 0.29) is 30.3 Å². The molecular formula is C28H32ClN3O2. The number of carbonyl (C=O) groups is 2. The van der Waals surface area contributed by atoms with E-state index in [1.807, 2.05) is 23.1 Å². The molecule has 3 aromatic carbocycles. The maximum Gasteiger partial charge on any atom is 0.249 e. The van der Waals surface area contributed by atoms with Gasteiger partial charge >= 0.3 is 0 Å². The number of fused-ring (bicyclic) bond motifs is 2. The van der Waals surface area contributed by atoms with Crippen LogP contribution < -0.4 is 15.5 Å². The molecule has 2 amide bonds. The van der Waals surface area contributed by atoms with Crippen LogP contribution in [0, 0.1) is 0 Å². The lowest BCUT2D eigenvalue weighted by atomic mass is 9.95. The highest BCUT2D eigenvalue weighted by Gasteiger charge is 2.34. The number of nitrogens with zero attached hydrogens (tertiary/aromatic N) is 1. The van der Waals surface area contributed by atoms with Gasteiger partial charge in [-0.2, -0.15) is 0 Å². The highest BCUT2D eigenvalue weighted by Crippen LogP contribution is 2.44. The van der Waals surface area contributed by atoms with E-state index in [0.29, 0.717) is 18.9 Å². The first-order valence-corrected chi connectivity index (χ1v) is 11.9. The number of halogens is 1. The number of carbonyl (C=O) groups excluding carboxylic acids is 2. The first kappa shape index (κ1) is 24.2. The van der Waals surface area contributed by atoms with Gasteiger partial charge in [-0.15, -0.1) is 12.4 Å². The second kappa shape index (κ2) is 10.2. The van der Waals surface area contributed by atoms with Gasteiger partial charge in [0.25, 0.3) is 0 Å². The van der Waals surface area contributed by atoms with Crippen LogP contribution in [0.4, 0.5) is 5.69 Å². The number of likely N-dealkylation sites (N-methyl/N-ethyl adjacent to an activating group) is 1. The van der Waals surface area contributed by atoms with Gasteiger partial charge < -0.3 is 15.5 Å². The fourth-order valence-corrected chi connectivity index (χ4v) is 4.90. The minimum absolute atomic E-state index is 0. The Kier molecular flexibility index (Phi) is 7.24. The van der Waals surface area contributed by atoms with E-state index < -0.39 is 6.04 Å². The summed E-state index contributed by atoms with van der Waals surface area (Å²) in [6.45, 7) is 2.32. The summed E-state index contributed by atoms with van der Waals surface area (Å²) < 4.78 is 0. The van der Waals surface area contributed by atoms with Crippen molar-refractivity contribution in [2.24, 2.45) is 0 Å². The quantitative estimate of drug-likeness (QED) is 0.540. The monoisotopic (exact) mass is 477 g/mol. The molecule has 2 aliphatic rings. The molecule has 0 spiro atoms. The third kappa shape index (κ3) is 4.68. The molecule has 178 valence electrons. The fourth-order valence-electron chi connectivity index (χ4n) is 4.90. The molecule has 0 radical (unpaired) electrons. The fraction of sp³-hybridized carbons (Fsp3) is 0.357. The minimum atomic E-state index is -0.542. The standard InChI is InChI=1S/C28H31N3O2.ClH/c1-18(29-2)27(32)30-25-16-14-21-8-4-6-10-26(21)31(28(25)33)17-24-22-9-5-3-7-19(22)13-15-23(24)20-11-12-20;/h3-10,13,15,18,20,25,29H,11-12,14,16-17H2,1-2H3,(H,30,32);1H/t18-,25-;/m0./s1. The molecule has 1 fully saturated rings. The smallest absolute Gasteiger partial charge is 0.249 e. The van der Waals surface area contributed by atoms with Crippen molar-refractivity contribution >= 4 is 40.7 Å². The average molecular weight is 478 g/mol. The zero-order valence-corrected chi connectivity index (χ0v) is 20.5. The molecule has 6 heteroatoms. The minimum Gasteiger partial charge on any atom is -0.343 e. The van der Waals surface area contributed by atoms with E-state index in [1.165, 1.54) is 34.7 Å². The number of aryl methyl sites for hydroxylation is 1. The molecule has 0 unspecified atom stereocenters. The summed E-state index contributed by atoms with van der Waals surface area (Å²) in [5, 5.41) is 8.37. The summed E-state index contributed by atoms with van der Waals surface area (Å²) in [4.78, 5) is 28.4. The SMILES string of the molecule is CN[C@@H](C)C(=O)N[C@H]1CCc2ccccc2N(Cc2c(C3CC3)ccc3ccccc23)C1=O.Cl. The van der Waals surface area contributed by atoms with E-state index in [0.717, 1.165) is 17.7 Å². The molecule has 1 heterocycles. The highest BCUT2D eigenvalue weighted by atomic mass is 35.5. The molecular weight excluding hydrogens is 446 g/mol. The molecule has 34 heavy (non-hydrogen) atoms. The first-order chi connectivity index (χ1) is 16.1. The van der Waals surface area contributed by atoms with Crippen LogP contribution in [0.5, 0.6) is 0 Å². The number of anilines is 1. The lowest BCUT2D eigenvalue weighted by Gasteiger charge is -2.28. The Morgan fingerprint density at radius 1 is 1.03 bits per heavy atom. The van der Waals surface area contributed by atoms with Gasteiger partial charge in [0.05, 0.1) is 12.6 Å². The molecule has 1 aliphatic carbocycles.